The molecule has 0 bridgehead atoms. The third-order valence-electron chi connectivity index (χ3n) is 6.90. The van der Waals surface area contributed by atoms with Gasteiger partial charge in [-0.2, -0.15) is 18.3 Å². The number of nitrogens with zero attached hydrogens (tertiary/aromatic N) is 5. The molecule has 192 valence electrons. The quantitative estimate of drug-likeness (QED) is 0.544. The first kappa shape index (κ1) is 24.3. The van der Waals surface area contributed by atoms with Crippen molar-refractivity contribution in [3.63, 3.8) is 0 Å². The van der Waals surface area contributed by atoms with Gasteiger partial charge in [0.25, 0.3) is 5.56 Å². The summed E-state index contributed by atoms with van der Waals surface area (Å²) in [6, 6.07) is 4.27. The lowest BCUT2D eigenvalue weighted by atomic mass is 9.79. The summed E-state index contributed by atoms with van der Waals surface area (Å²) < 4.78 is 67.2. The summed E-state index contributed by atoms with van der Waals surface area (Å²) in [5.41, 5.74) is -2.15. The van der Waals surface area contributed by atoms with Crippen molar-refractivity contribution in [2.75, 3.05) is 13.1 Å². The predicted molar refractivity (Wildman–Crippen MR) is 117 cm³/mol. The fourth-order valence-electron chi connectivity index (χ4n) is 4.75. The molecule has 2 aromatic heterocycles. The van der Waals surface area contributed by atoms with Crippen LogP contribution in [0.5, 0.6) is 0 Å². The molecule has 36 heavy (non-hydrogen) atoms. The van der Waals surface area contributed by atoms with E-state index in [1.54, 1.807) is 0 Å². The zero-order chi connectivity index (χ0) is 25.9. The number of rotatable bonds is 4. The van der Waals surface area contributed by atoms with E-state index in [-0.39, 0.29) is 49.4 Å². The highest BCUT2D eigenvalue weighted by molar-refractivity contribution is 5.80. The van der Waals surface area contributed by atoms with E-state index in [4.69, 9.17) is 0 Å². The highest BCUT2D eigenvalue weighted by Crippen LogP contribution is 2.43. The lowest BCUT2D eigenvalue weighted by molar-refractivity contribution is -0.163. The lowest BCUT2D eigenvalue weighted by Crippen LogP contribution is -2.53. The molecule has 0 unspecified atom stereocenters. The van der Waals surface area contributed by atoms with Crippen molar-refractivity contribution in [1.82, 2.24) is 24.2 Å². The van der Waals surface area contributed by atoms with E-state index in [0.717, 1.165) is 12.1 Å². The second kappa shape index (κ2) is 8.36. The van der Waals surface area contributed by atoms with Crippen LogP contribution >= 0.6 is 0 Å². The molecule has 2 fully saturated rings. The minimum absolute atomic E-state index is 0.0935. The summed E-state index contributed by atoms with van der Waals surface area (Å²) in [5, 5.41) is 15.2. The Hall–Kier alpha value is -3.35. The molecular weight excluding hydrogens is 489 g/mol. The SMILES string of the molecule is O=C(C1CC(F)(F)C1)N1CCC(O)(Cn2cnc3c(cnn3-c3ccc(C(F)(F)F)cc3)c2=O)CC1. The summed E-state index contributed by atoms with van der Waals surface area (Å²) in [7, 11) is 0. The van der Waals surface area contributed by atoms with Gasteiger partial charge in [0, 0.05) is 31.8 Å². The van der Waals surface area contributed by atoms with Crippen molar-refractivity contribution in [2.24, 2.45) is 5.92 Å². The zero-order valence-corrected chi connectivity index (χ0v) is 18.9. The Morgan fingerprint density at radius 2 is 1.75 bits per heavy atom. The Bertz CT molecular complexity index is 1350. The second-order valence-electron chi connectivity index (χ2n) is 9.53. The largest absolute Gasteiger partial charge is 0.416 e. The minimum Gasteiger partial charge on any atom is -0.388 e. The van der Waals surface area contributed by atoms with Crippen molar-refractivity contribution in [3.05, 3.63) is 52.7 Å². The van der Waals surface area contributed by atoms with Crippen molar-refractivity contribution >= 4 is 16.9 Å². The standard InChI is InChI=1S/C23H22F5N5O3/c24-22(25)9-14(10-22)19(34)31-7-5-21(36,6-8-31)12-32-13-29-18-17(20(32)35)11-30-33(18)16-3-1-15(2-4-16)23(26,27)28/h1-4,11,13-14,36H,5-10,12H2. The number of piperidine rings is 1. The normalized spacial score (nSPS) is 19.9. The smallest absolute Gasteiger partial charge is 0.388 e. The summed E-state index contributed by atoms with van der Waals surface area (Å²) in [6.45, 7) is 0.283. The molecule has 13 heteroatoms. The van der Waals surface area contributed by atoms with Crippen molar-refractivity contribution in [2.45, 2.75) is 49.9 Å². The Morgan fingerprint density at radius 3 is 2.33 bits per heavy atom. The van der Waals surface area contributed by atoms with E-state index in [0.29, 0.717) is 5.69 Å². The highest BCUT2D eigenvalue weighted by atomic mass is 19.4. The molecule has 0 spiro atoms. The van der Waals surface area contributed by atoms with Gasteiger partial charge in [0.15, 0.2) is 5.65 Å². The number of benzene rings is 1. The number of aromatic nitrogens is 4. The van der Waals surface area contributed by atoms with Crippen LogP contribution in [0.4, 0.5) is 22.0 Å². The molecule has 3 heterocycles. The molecule has 0 atom stereocenters. The summed E-state index contributed by atoms with van der Waals surface area (Å²) in [5.74, 6) is -3.81. The summed E-state index contributed by atoms with van der Waals surface area (Å²) in [6.07, 6.45) is -2.56. The van der Waals surface area contributed by atoms with E-state index in [9.17, 15) is 36.6 Å². The molecule has 2 aliphatic rings. The number of alkyl halides is 5. The molecule has 1 saturated carbocycles. The predicted octanol–water partition coefficient (Wildman–Crippen LogP) is 3.00. The molecule has 1 N–H and O–H groups in total. The van der Waals surface area contributed by atoms with Crippen LogP contribution in [-0.2, 0) is 17.5 Å². The van der Waals surface area contributed by atoms with Crippen molar-refractivity contribution < 1.29 is 31.9 Å². The topological polar surface area (TPSA) is 93.2 Å². The number of hydrogen-bond acceptors (Lipinski definition) is 5. The molecule has 1 amide bonds. The van der Waals surface area contributed by atoms with Gasteiger partial charge in [-0.25, -0.2) is 18.4 Å². The van der Waals surface area contributed by atoms with E-state index in [1.165, 1.54) is 38.8 Å². The van der Waals surface area contributed by atoms with Crippen LogP contribution in [-0.4, -0.2) is 59.9 Å². The van der Waals surface area contributed by atoms with Crippen LogP contribution in [0.15, 0.2) is 41.6 Å². The molecule has 1 aliphatic carbocycles. The fourth-order valence-corrected chi connectivity index (χ4v) is 4.75. The van der Waals surface area contributed by atoms with E-state index >= 15 is 0 Å². The lowest BCUT2D eigenvalue weighted by Gasteiger charge is -2.42. The van der Waals surface area contributed by atoms with Crippen LogP contribution in [0.25, 0.3) is 16.7 Å². The van der Waals surface area contributed by atoms with Gasteiger partial charge in [0.2, 0.25) is 11.8 Å². The Labute approximate surface area is 200 Å². The van der Waals surface area contributed by atoms with Gasteiger partial charge in [-0.05, 0) is 37.1 Å². The molecule has 5 rings (SSSR count). The molecule has 1 aromatic carbocycles. The molecule has 8 nitrogen and oxygen atoms in total. The molecule has 3 aromatic rings. The van der Waals surface area contributed by atoms with Gasteiger partial charge in [0.05, 0.1) is 29.6 Å². The summed E-state index contributed by atoms with van der Waals surface area (Å²) >= 11 is 0. The number of aliphatic hydroxyl groups is 1. The second-order valence-corrected chi connectivity index (χ2v) is 9.53. The van der Waals surface area contributed by atoms with Gasteiger partial charge in [0.1, 0.15) is 11.7 Å². The number of amides is 1. The number of fused-ring (bicyclic) bond motifs is 1. The van der Waals surface area contributed by atoms with Crippen molar-refractivity contribution in [3.8, 4) is 5.69 Å². The fraction of sp³-hybridized carbons (Fsp3) is 0.478. The van der Waals surface area contributed by atoms with Gasteiger partial charge >= 0.3 is 6.18 Å². The maximum Gasteiger partial charge on any atom is 0.416 e. The first-order valence-corrected chi connectivity index (χ1v) is 11.4. The highest BCUT2D eigenvalue weighted by Gasteiger charge is 2.50. The number of hydrogen-bond donors (Lipinski definition) is 1. The van der Waals surface area contributed by atoms with Gasteiger partial charge in [-0.1, -0.05) is 0 Å². The van der Waals surface area contributed by atoms with Crippen LogP contribution in [0, 0.1) is 5.92 Å². The monoisotopic (exact) mass is 511 g/mol. The minimum atomic E-state index is -4.48. The van der Waals surface area contributed by atoms with Crippen LogP contribution < -0.4 is 5.56 Å². The molecule has 1 saturated heterocycles. The molecule has 1 aliphatic heterocycles. The third kappa shape index (κ3) is 4.47. The van der Waals surface area contributed by atoms with Gasteiger partial charge < -0.3 is 10.0 Å². The maximum atomic E-state index is 13.1. The number of carbonyl (C=O) groups is 1. The zero-order valence-electron chi connectivity index (χ0n) is 18.9. The Kier molecular flexibility index (Phi) is 5.65. The van der Waals surface area contributed by atoms with Crippen LogP contribution in [0.2, 0.25) is 0 Å². The third-order valence-corrected chi connectivity index (χ3v) is 6.90. The first-order valence-electron chi connectivity index (χ1n) is 11.4. The van der Waals surface area contributed by atoms with Crippen LogP contribution in [0.1, 0.15) is 31.2 Å². The molecule has 0 radical (unpaired) electrons. The average molecular weight is 511 g/mol. The van der Waals surface area contributed by atoms with Crippen LogP contribution in [0.3, 0.4) is 0 Å². The number of likely N-dealkylation sites (tertiary alicyclic amines) is 1. The van der Waals surface area contributed by atoms with Crippen molar-refractivity contribution in [1.29, 1.82) is 0 Å². The molecular formula is C23H22F5N5O3. The Balaban J connectivity index is 1.29. The summed E-state index contributed by atoms with van der Waals surface area (Å²) in [4.78, 5) is 31.1. The van der Waals surface area contributed by atoms with E-state index in [1.807, 2.05) is 0 Å². The van der Waals surface area contributed by atoms with Gasteiger partial charge in [-0.3, -0.25) is 14.2 Å². The van der Waals surface area contributed by atoms with E-state index < -0.39 is 47.6 Å². The number of carbonyl (C=O) groups excluding carboxylic acids is 1. The Morgan fingerprint density at radius 1 is 1.11 bits per heavy atom. The first-order chi connectivity index (χ1) is 16.9. The average Bonchev–Trinajstić information content (AvgIpc) is 3.24. The van der Waals surface area contributed by atoms with Gasteiger partial charge in [-0.15, -0.1) is 0 Å². The maximum absolute atomic E-state index is 13.1. The van der Waals surface area contributed by atoms with E-state index in [2.05, 4.69) is 10.1 Å². The number of halogens is 5.